The van der Waals surface area contributed by atoms with Crippen molar-refractivity contribution in [1.29, 1.82) is 0 Å². The SMILES string of the molecule is CCOC(=O)c1ccccc1NC1CCS(=O)(=O)C1. The first-order valence-electron chi connectivity index (χ1n) is 6.25. The van der Waals surface area contributed by atoms with Crippen LogP contribution in [0.3, 0.4) is 0 Å². The van der Waals surface area contributed by atoms with E-state index in [0.29, 0.717) is 24.3 Å². The van der Waals surface area contributed by atoms with Crippen molar-refractivity contribution in [2.45, 2.75) is 19.4 Å². The van der Waals surface area contributed by atoms with Crippen molar-refractivity contribution in [3.05, 3.63) is 29.8 Å². The summed E-state index contributed by atoms with van der Waals surface area (Å²) >= 11 is 0. The van der Waals surface area contributed by atoms with Gasteiger partial charge < -0.3 is 10.1 Å². The van der Waals surface area contributed by atoms with Crippen molar-refractivity contribution < 1.29 is 17.9 Å². The van der Waals surface area contributed by atoms with Crippen LogP contribution in [0.25, 0.3) is 0 Å². The molecule has 6 heteroatoms. The lowest BCUT2D eigenvalue weighted by molar-refractivity contribution is 0.0527. The highest BCUT2D eigenvalue weighted by Crippen LogP contribution is 2.21. The normalized spacial score (nSPS) is 21.0. The van der Waals surface area contributed by atoms with Crippen LogP contribution >= 0.6 is 0 Å². The molecular weight excluding hydrogens is 266 g/mol. The van der Waals surface area contributed by atoms with E-state index >= 15 is 0 Å². The fourth-order valence-corrected chi connectivity index (χ4v) is 3.80. The summed E-state index contributed by atoms with van der Waals surface area (Å²) in [5.74, 6) is -0.0809. The number of hydrogen-bond acceptors (Lipinski definition) is 5. The van der Waals surface area contributed by atoms with Gasteiger partial charge in [0, 0.05) is 11.7 Å². The predicted molar refractivity (Wildman–Crippen MR) is 73.1 cm³/mol. The third-order valence-corrected chi connectivity index (χ3v) is 4.78. The molecule has 1 aromatic rings. The van der Waals surface area contributed by atoms with Gasteiger partial charge in [-0.05, 0) is 25.5 Å². The minimum Gasteiger partial charge on any atom is -0.462 e. The van der Waals surface area contributed by atoms with E-state index in [0.717, 1.165) is 0 Å². The van der Waals surface area contributed by atoms with Gasteiger partial charge in [0.2, 0.25) is 0 Å². The molecule has 1 aromatic carbocycles. The van der Waals surface area contributed by atoms with Gasteiger partial charge in [0.05, 0.1) is 23.7 Å². The van der Waals surface area contributed by atoms with Crippen molar-refractivity contribution in [2.75, 3.05) is 23.4 Å². The molecule has 1 unspecified atom stereocenters. The zero-order valence-corrected chi connectivity index (χ0v) is 11.6. The average Bonchev–Trinajstić information content (AvgIpc) is 2.69. The van der Waals surface area contributed by atoms with Gasteiger partial charge in [-0.2, -0.15) is 0 Å². The van der Waals surface area contributed by atoms with Crippen LogP contribution in [0, 0.1) is 0 Å². The van der Waals surface area contributed by atoms with Gasteiger partial charge in [0.15, 0.2) is 9.84 Å². The Bertz CT molecular complexity index is 568. The topological polar surface area (TPSA) is 72.5 Å². The lowest BCUT2D eigenvalue weighted by atomic mass is 10.1. The molecule has 104 valence electrons. The molecule has 0 aromatic heterocycles. The number of benzene rings is 1. The number of ether oxygens (including phenoxy) is 1. The van der Waals surface area contributed by atoms with Gasteiger partial charge in [-0.1, -0.05) is 12.1 Å². The third-order valence-electron chi connectivity index (χ3n) is 3.01. The fraction of sp³-hybridized carbons (Fsp3) is 0.462. The molecule has 1 saturated heterocycles. The second-order valence-electron chi connectivity index (χ2n) is 4.51. The van der Waals surface area contributed by atoms with E-state index in [2.05, 4.69) is 5.32 Å². The summed E-state index contributed by atoms with van der Waals surface area (Å²) in [4.78, 5) is 11.8. The average molecular weight is 283 g/mol. The van der Waals surface area contributed by atoms with Crippen molar-refractivity contribution in [1.82, 2.24) is 0 Å². The first kappa shape index (κ1) is 13.9. The van der Waals surface area contributed by atoms with E-state index in [-0.39, 0.29) is 17.5 Å². The van der Waals surface area contributed by atoms with E-state index in [1.165, 1.54) is 0 Å². The van der Waals surface area contributed by atoms with Crippen LogP contribution in [0.5, 0.6) is 0 Å². The zero-order valence-electron chi connectivity index (χ0n) is 10.8. The Balaban J connectivity index is 2.14. The first-order chi connectivity index (χ1) is 9.02. The minimum atomic E-state index is -2.94. The summed E-state index contributed by atoms with van der Waals surface area (Å²) in [6, 6.07) is 6.85. The molecule has 0 saturated carbocycles. The summed E-state index contributed by atoms with van der Waals surface area (Å²) in [7, 11) is -2.94. The van der Waals surface area contributed by atoms with Crippen molar-refractivity contribution in [3.63, 3.8) is 0 Å². The maximum Gasteiger partial charge on any atom is 0.340 e. The van der Waals surface area contributed by atoms with Gasteiger partial charge in [-0.3, -0.25) is 0 Å². The number of nitrogens with one attached hydrogen (secondary N) is 1. The highest BCUT2D eigenvalue weighted by Gasteiger charge is 2.28. The van der Waals surface area contributed by atoms with Crippen molar-refractivity contribution in [2.24, 2.45) is 0 Å². The van der Waals surface area contributed by atoms with E-state index < -0.39 is 15.8 Å². The van der Waals surface area contributed by atoms with Crippen LogP contribution in [-0.2, 0) is 14.6 Å². The summed E-state index contributed by atoms with van der Waals surface area (Å²) in [6.07, 6.45) is 0.569. The third kappa shape index (κ3) is 3.47. The number of rotatable bonds is 4. The molecule has 1 N–H and O–H groups in total. The summed E-state index contributed by atoms with van der Waals surface area (Å²) < 4.78 is 27.8. The van der Waals surface area contributed by atoms with Crippen LogP contribution in [0.1, 0.15) is 23.7 Å². The zero-order chi connectivity index (χ0) is 13.9. The number of sulfone groups is 1. The number of carbonyl (C=O) groups is 1. The van der Waals surface area contributed by atoms with E-state index in [1.54, 1.807) is 31.2 Å². The maximum atomic E-state index is 11.8. The Hall–Kier alpha value is -1.56. The van der Waals surface area contributed by atoms with Gasteiger partial charge >= 0.3 is 5.97 Å². The van der Waals surface area contributed by atoms with Gasteiger partial charge in [-0.25, -0.2) is 13.2 Å². The van der Waals surface area contributed by atoms with Crippen molar-refractivity contribution >= 4 is 21.5 Å². The van der Waals surface area contributed by atoms with Gasteiger partial charge in [-0.15, -0.1) is 0 Å². The van der Waals surface area contributed by atoms with Crippen LogP contribution < -0.4 is 5.32 Å². The summed E-state index contributed by atoms with van der Waals surface area (Å²) in [6.45, 7) is 2.06. The smallest absolute Gasteiger partial charge is 0.340 e. The first-order valence-corrected chi connectivity index (χ1v) is 8.07. The van der Waals surface area contributed by atoms with Gasteiger partial charge in [0.25, 0.3) is 0 Å². The lowest BCUT2D eigenvalue weighted by Crippen LogP contribution is -2.22. The monoisotopic (exact) mass is 283 g/mol. The Morgan fingerprint density at radius 2 is 2.16 bits per heavy atom. The molecule has 19 heavy (non-hydrogen) atoms. The van der Waals surface area contributed by atoms with E-state index in [4.69, 9.17) is 4.74 Å². The molecule has 1 aliphatic rings. The molecule has 0 radical (unpaired) electrons. The largest absolute Gasteiger partial charge is 0.462 e. The second kappa shape index (κ2) is 5.61. The second-order valence-corrected chi connectivity index (χ2v) is 6.74. The number of esters is 1. The molecule has 5 nitrogen and oxygen atoms in total. The minimum absolute atomic E-state index is 0.115. The van der Waals surface area contributed by atoms with Crippen LogP contribution in [0.2, 0.25) is 0 Å². The fourth-order valence-electron chi connectivity index (χ4n) is 2.12. The molecule has 0 aliphatic carbocycles. The van der Waals surface area contributed by atoms with Crippen LogP contribution in [0.4, 0.5) is 5.69 Å². The van der Waals surface area contributed by atoms with E-state index in [9.17, 15) is 13.2 Å². The Labute approximate surface area is 112 Å². The summed E-state index contributed by atoms with van der Waals surface area (Å²) in [5, 5.41) is 3.12. The Morgan fingerprint density at radius 1 is 1.42 bits per heavy atom. The quantitative estimate of drug-likeness (QED) is 0.847. The van der Waals surface area contributed by atoms with Crippen LogP contribution in [0.15, 0.2) is 24.3 Å². The predicted octanol–water partition coefficient (Wildman–Crippen LogP) is 1.46. The number of hydrogen-bond donors (Lipinski definition) is 1. The molecule has 0 spiro atoms. The van der Waals surface area contributed by atoms with Gasteiger partial charge in [0.1, 0.15) is 0 Å². The number of anilines is 1. The Kier molecular flexibility index (Phi) is 4.09. The molecule has 0 bridgehead atoms. The lowest BCUT2D eigenvalue weighted by Gasteiger charge is -2.15. The molecule has 1 aliphatic heterocycles. The van der Waals surface area contributed by atoms with E-state index in [1.807, 2.05) is 0 Å². The Morgan fingerprint density at radius 3 is 2.79 bits per heavy atom. The standard InChI is InChI=1S/C13H17NO4S/c1-2-18-13(15)11-5-3-4-6-12(11)14-10-7-8-19(16,17)9-10/h3-6,10,14H,2,7-9H2,1H3. The number of carbonyl (C=O) groups excluding carboxylic acids is 1. The molecule has 1 fully saturated rings. The molecule has 0 amide bonds. The molecule has 1 atom stereocenters. The highest BCUT2D eigenvalue weighted by atomic mass is 32.2. The number of para-hydroxylation sites is 1. The highest BCUT2D eigenvalue weighted by molar-refractivity contribution is 7.91. The van der Waals surface area contributed by atoms with Crippen LogP contribution in [-0.4, -0.2) is 38.5 Å². The molecule has 1 heterocycles. The molecular formula is C13H17NO4S. The summed E-state index contributed by atoms with van der Waals surface area (Å²) in [5.41, 5.74) is 1.07. The molecule has 2 rings (SSSR count). The maximum absolute atomic E-state index is 11.8. The van der Waals surface area contributed by atoms with Crippen molar-refractivity contribution in [3.8, 4) is 0 Å².